The molecule has 27 heavy (non-hydrogen) atoms. The van der Waals surface area contributed by atoms with Crippen LogP contribution in [-0.4, -0.2) is 35.0 Å². The predicted octanol–water partition coefficient (Wildman–Crippen LogP) is 3.83. The van der Waals surface area contributed by atoms with Crippen molar-refractivity contribution >= 4 is 17.7 Å². The molecule has 0 fully saturated rings. The Kier molecular flexibility index (Phi) is 6.37. The van der Waals surface area contributed by atoms with Crippen LogP contribution in [0.5, 0.6) is 0 Å². The first-order chi connectivity index (χ1) is 13.1. The number of nitrogens with one attached hydrogen (secondary N) is 1. The second kappa shape index (κ2) is 8.93. The summed E-state index contributed by atoms with van der Waals surface area (Å²) in [6.45, 7) is 2.27. The number of nitrogens with zero attached hydrogens (tertiary/aromatic N) is 1. The van der Waals surface area contributed by atoms with Crippen LogP contribution in [0.4, 0.5) is 0 Å². The number of para-hydroxylation sites is 1. The highest BCUT2D eigenvalue weighted by Crippen LogP contribution is 2.31. The summed E-state index contributed by atoms with van der Waals surface area (Å²) in [5.74, 6) is -0.0818. The van der Waals surface area contributed by atoms with Crippen LogP contribution in [0.3, 0.4) is 0 Å². The molecule has 1 heterocycles. The van der Waals surface area contributed by atoms with E-state index >= 15 is 0 Å². The highest BCUT2D eigenvalue weighted by Gasteiger charge is 2.17. The highest BCUT2D eigenvalue weighted by atomic mass is 32.2. The Morgan fingerprint density at radius 3 is 2.44 bits per heavy atom. The third kappa shape index (κ3) is 4.43. The van der Waals surface area contributed by atoms with Gasteiger partial charge in [-0.15, -0.1) is 11.8 Å². The molecule has 4 nitrogen and oxygen atoms in total. The predicted molar refractivity (Wildman–Crippen MR) is 112 cm³/mol. The number of amides is 1. The zero-order valence-corrected chi connectivity index (χ0v) is 16.4. The van der Waals surface area contributed by atoms with E-state index in [0.29, 0.717) is 6.42 Å². The van der Waals surface area contributed by atoms with Crippen LogP contribution in [-0.2, 0) is 11.2 Å². The molecule has 0 spiro atoms. The van der Waals surface area contributed by atoms with Gasteiger partial charge in [-0.05, 0) is 54.6 Å². The lowest BCUT2D eigenvalue weighted by atomic mass is 10.1. The number of hydrogen-bond donors (Lipinski definition) is 2. The number of aromatic nitrogens is 1. The molecule has 2 aromatic carbocycles. The van der Waals surface area contributed by atoms with Gasteiger partial charge in [0.05, 0.1) is 18.7 Å². The molecule has 140 valence electrons. The molecule has 0 saturated heterocycles. The zero-order valence-electron chi connectivity index (χ0n) is 15.6. The van der Waals surface area contributed by atoms with Gasteiger partial charge in [0.25, 0.3) is 0 Å². The zero-order chi connectivity index (χ0) is 19.2. The summed E-state index contributed by atoms with van der Waals surface area (Å²) in [7, 11) is 0. The quantitative estimate of drug-likeness (QED) is 0.613. The molecule has 0 aliphatic rings. The minimum absolute atomic E-state index is 0.0528. The van der Waals surface area contributed by atoms with Crippen molar-refractivity contribution in [3.63, 3.8) is 0 Å². The minimum atomic E-state index is -0.0818. The van der Waals surface area contributed by atoms with E-state index in [-0.39, 0.29) is 19.1 Å². The van der Waals surface area contributed by atoms with E-state index in [9.17, 15) is 4.79 Å². The Balaban J connectivity index is 2.04. The number of benzene rings is 2. The standard InChI is InChI=1S/C22H24N2O2S/c1-16-18(15-22(26)23-12-13-25)14-21(17-8-10-20(27-2)11-9-17)24(16)19-6-4-3-5-7-19/h3-11,14,25H,12-13,15H2,1-2H3,(H,23,26). The highest BCUT2D eigenvalue weighted by molar-refractivity contribution is 7.98. The molecule has 5 heteroatoms. The second-order valence-corrected chi connectivity index (χ2v) is 7.17. The number of thioether (sulfide) groups is 1. The van der Waals surface area contributed by atoms with Crippen molar-refractivity contribution in [3.05, 3.63) is 71.9 Å². The molecule has 0 aliphatic carbocycles. The monoisotopic (exact) mass is 380 g/mol. The third-order valence-electron chi connectivity index (χ3n) is 4.54. The van der Waals surface area contributed by atoms with Crippen LogP contribution in [0.1, 0.15) is 11.3 Å². The maximum Gasteiger partial charge on any atom is 0.224 e. The smallest absolute Gasteiger partial charge is 0.224 e. The molecule has 0 aliphatic heterocycles. The SMILES string of the molecule is CSc1ccc(-c2cc(CC(=O)NCCO)c(C)n2-c2ccccc2)cc1. The largest absolute Gasteiger partial charge is 0.395 e. The molecule has 0 saturated carbocycles. The number of aliphatic hydroxyl groups is 1. The number of rotatable bonds is 7. The molecule has 3 rings (SSSR count). The second-order valence-electron chi connectivity index (χ2n) is 6.29. The lowest BCUT2D eigenvalue weighted by Gasteiger charge is -2.13. The Morgan fingerprint density at radius 2 is 1.81 bits per heavy atom. The topological polar surface area (TPSA) is 54.3 Å². The van der Waals surface area contributed by atoms with Gasteiger partial charge in [0.2, 0.25) is 5.91 Å². The van der Waals surface area contributed by atoms with Gasteiger partial charge in [0.1, 0.15) is 0 Å². The fourth-order valence-electron chi connectivity index (χ4n) is 3.15. The number of carbonyl (C=O) groups excluding carboxylic acids is 1. The lowest BCUT2D eigenvalue weighted by molar-refractivity contribution is -0.120. The summed E-state index contributed by atoms with van der Waals surface area (Å²) in [5.41, 5.74) is 5.28. The van der Waals surface area contributed by atoms with Crippen molar-refractivity contribution in [2.24, 2.45) is 0 Å². The van der Waals surface area contributed by atoms with Crippen LogP contribution >= 0.6 is 11.8 Å². The van der Waals surface area contributed by atoms with Gasteiger partial charge in [-0.2, -0.15) is 0 Å². The van der Waals surface area contributed by atoms with Gasteiger partial charge in [0.15, 0.2) is 0 Å². The summed E-state index contributed by atoms with van der Waals surface area (Å²) in [6, 6.07) is 20.7. The van der Waals surface area contributed by atoms with E-state index in [1.165, 1.54) is 4.90 Å². The van der Waals surface area contributed by atoms with Crippen molar-refractivity contribution in [1.82, 2.24) is 9.88 Å². The van der Waals surface area contributed by atoms with Gasteiger partial charge in [-0.1, -0.05) is 30.3 Å². The maximum atomic E-state index is 12.2. The van der Waals surface area contributed by atoms with E-state index < -0.39 is 0 Å². The van der Waals surface area contributed by atoms with Crippen LogP contribution in [0.25, 0.3) is 16.9 Å². The molecular formula is C22H24N2O2S. The summed E-state index contributed by atoms with van der Waals surface area (Å²) in [6.07, 6.45) is 2.36. The molecule has 0 radical (unpaired) electrons. The Hall–Kier alpha value is -2.50. The molecule has 0 atom stereocenters. The maximum absolute atomic E-state index is 12.2. The van der Waals surface area contributed by atoms with E-state index in [1.54, 1.807) is 11.8 Å². The van der Waals surface area contributed by atoms with Crippen LogP contribution < -0.4 is 5.32 Å². The average molecular weight is 381 g/mol. The lowest BCUT2D eigenvalue weighted by Crippen LogP contribution is -2.27. The summed E-state index contributed by atoms with van der Waals surface area (Å²) >= 11 is 1.72. The van der Waals surface area contributed by atoms with E-state index in [2.05, 4.69) is 58.6 Å². The van der Waals surface area contributed by atoms with Gasteiger partial charge >= 0.3 is 0 Å². The van der Waals surface area contributed by atoms with Crippen molar-refractivity contribution in [2.45, 2.75) is 18.2 Å². The van der Waals surface area contributed by atoms with Gasteiger partial charge < -0.3 is 15.0 Å². The molecule has 0 bridgehead atoms. The fourth-order valence-corrected chi connectivity index (χ4v) is 3.56. The van der Waals surface area contributed by atoms with E-state index in [4.69, 9.17) is 5.11 Å². The minimum Gasteiger partial charge on any atom is -0.395 e. The van der Waals surface area contributed by atoms with Crippen molar-refractivity contribution in [2.75, 3.05) is 19.4 Å². The van der Waals surface area contributed by atoms with Gasteiger partial charge in [-0.25, -0.2) is 0 Å². The Morgan fingerprint density at radius 1 is 1.11 bits per heavy atom. The molecule has 3 aromatic rings. The number of hydrogen-bond acceptors (Lipinski definition) is 3. The van der Waals surface area contributed by atoms with Crippen LogP contribution in [0.2, 0.25) is 0 Å². The molecular weight excluding hydrogens is 356 g/mol. The molecule has 0 unspecified atom stereocenters. The summed E-state index contributed by atoms with van der Waals surface area (Å²) in [4.78, 5) is 13.4. The number of carbonyl (C=O) groups is 1. The Bertz CT molecular complexity index is 902. The Labute approximate surface area is 164 Å². The van der Waals surface area contributed by atoms with E-state index in [1.807, 2.05) is 25.1 Å². The number of aliphatic hydroxyl groups excluding tert-OH is 1. The summed E-state index contributed by atoms with van der Waals surface area (Å²) in [5, 5.41) is 11.6. The first kappa shape index (κ1) is 19.3. The summed E-state index contributed by atoms with van der Waals surface area (Å²) < 4.78 is 2.20. The first-order valence-electron chi connectivity index (χ1n) is 8.92. The van der Waals surface area contributed by atoms with E-state index in [0.717, 1.165) is 28.2 Å². The molecule has 1 amide bonds. The first-order valence-corrected chi connectivity index (χ1v) is 10.1. The normalized spacial score (nSPS) is 10.8. The van der Waals surface area contributed by atoms with Crippen LogP contribution in [0, 0.1) is 6.92 Å². The fraction of sp³-hybridized carbons (Fsp3) is 0.227. The molecule has 1 aromatic heterocycles. The average Bonchev–Trinajstić information content (AvgIpc) is 3.03. The third-order valence-corrected chi connectivity index (χ3v) is 5.28. The van der Waals surface area contributed by atoms with Crippen molar-refractivity contribution < 1.29 is 9.90 Å². The van der Waals surface area contributed by atoms with Gasteiger partial charge in [0, 0.05) is 22.8 Å². The van der Waals surface area contributed by atoms with Crippen molar-refractivity contribution in [1.29, 1.82) is 0 Å². The van der Waals surface area contributed by atoms with Crippen LogP contribution in [0.15, 0.2) is 65.6 Å². The van der Waals surface area contributed by atoms with Gasteiger partial charge in [-0.3, -0.25) is 4.79 Å². The molecule has 2 N–H and O–H groups in total. The van der Waals surface area contributed by atoms with Crippen molar-refractivity contribution in [3.8, 4) is 16.9 Å².